The van der Waals surface area contributed by atoms with E-state index in [0.717, 1.165) is 108 Å². The quantitative estimate of drug-likeness (QED) is 0.0221. The highest BCUT2D eigenvalue weighted by molar-refractivity contribution is 6.48. The van der Waals surface area contributed by atoms with Gasteiger partial charge in [0.25, 0.3) is 5.91 Å². The van der Waals surface area contributed by atoms with E-state index in [4.69, 9.17) is 36.7 Å². The second-order valence-electron chi connectivity index (χ2n) is 23.5. The number of phenolic OH excluding ortho intramolecular Hbond substituents is 3. The van der Waals surface area contributed by atoms with Gasteiger partial charge < -0.3 is 45.2 Å². The standard InChI is InChI=1S/C62H69F4N11O6/c1-5-38-7-6-8-39-25-43(78)26-48(52(38)39)54-53(63)55-49(29-69-54)58(76-31-40-11-12-41(32-76)71-40)73-60(72-55)82-34-61(19-20-61)33-75-23-17-45(18-24-75)83-44-15-21-74(22-16-44)30-37-9-13-42(14-10-37)77(57(68)59(81)70-36(4)62(64,65)66)56(67)47-27-46(35(2)3)50(79)28-51(47)80/h1,6-10,13-14,25-29,35-36,40-41,44-45,67-68,71,78-80H,11-12,15-24,30-34H2,2-4H3,(H,70,81). The lowest BCUT2D eigenvalue weighted by Crippen LogP contribution is -2.51. The number of terminal acetylenes is 1. The minimum absolute atomic E-state index is 0.0252. The number of ether oxygens (including phenoxy) is 2. The van der Waals surface area contributed by atoms with Crippen LogP contribution in [0.15, 0.2) is 72.9 Å². The van der Waals surface area contributed by atoms with Crippen molar-refractivity contribution in [2.24, 2.45) is 5.41 Å². The van der Waals surface area contributed by atoms with Gasteiger partial charge in [-0.2, -0.15) is 23.1 Å². The highest BCUT2D eigenvalue weighted by atomic mass is 19.4. The number of benzene rings is 4. The molecule has 0 radical (unpaired) electrons. The third-order valence-electron chi connectivity index (χ3n) is 17.1. The smallest absolute Gasteiger partial charge is 0.408 e. The minimum atomic E-state index is -4.77. The van der Waals surface area contributed by atoms with Crippen LogP contribution in [-0.2, 0) is 16.1 Å². The van der Waals surface area contributed by atoms with Crippen molar-refractivity contribution in [3.8, 4) is 46.9 Å². The number of carbonyl (C=O) groups is 1. The number of rotatable bonds is 15. The molecule has 4 aliphatic heterocycles. The number of pyridine rings is 1. The fourth-order valence-corrected chi connectivity index (χ4v) is 12.3. The van der Waals surface area contributed by atoms with Crippen LogP contribution in [0.25, 0.3) is 32.9 Å². The first-order chi connectivity index (χ1) is 39.7. The van der Waals surface area contributed by atoms with Gasteiger partial charge in [-0.05, 0) is 117 Å². The number of likely N-dealkylation sites (tertiary alicyclic amines) is 2. The maximum Gasteiger partial charge on any atom is 0.408 e. The van der Waals surface area contributed by atoms with E-state index in [2.05, 4.69) is 30.9 Å². The van der Waals surface area contributed by atoms with Crippen molar-refractivity contribution < 1.29 is 47.1 Å². The predicted octanol–water partition coefficient (Wildman–Crippen LogP) is 9.33. The number of carbonyl (C=O) groups excluding carboxylic acids is 1. The molecule has 6 aromatic rings. The first kappa shape index (κ1) is 57.2. The van der Waals surface area contributed by atoms with Crippen LogP contribution in [0.4, 0.5) is 29.1 Å². The Morgan fingerprint density at radius 3 is 2.22 bits per heavy atom. The van der Waals surface area contributed by atoms with Crippen molar-refractivity contribution in [1.82, 2.24) is 35.4 Å². The number of nitrogens with one attached hydrogen (secondary N) is 4. The summed E-state index contributed by atoms with van der Waals surface area (Å²) in [6.45, 7) is 10.9. The molecule has 4 aromatic carbocycles. The van der Waals surface area contributed by atoms with Gasteiger partial charge in [-0.15, -0.1) is 6.42 Å². The number of hydrogen-bond donors (Lipinski definition) is 7. The molecule has 17 nitrogen and oxygen atoms in total. The molecule has 1 aliphatic carbocycles. The molecular weight excluding hydrogens is 1070 g/mol. The van der Waals surface area contributed by atoms with Crippen LogP contribution in [0.1, 0.15) is 100 Å². The van der Waals surface area contributed by atoms with Crippen molar-refractivity contribution in [2.75, 3.05) is 62.2 Å². The van der Waals surface area contributed by atoms with Gasteiger partial charge in [-0.1, -0.05) is 44.0 Å². The molecule has 83 heavy (non-hydrogen) atoms. The number of aromatic nitrogens is 3. The number of piperidine rings is 2. The van der Waals surface area contributed by atoms with Crippen LogP contribution in [0, 0.1) is 34.4 Å². The molecule has 3 atom stereocenters. The van der Waals surface area contributed by atoms with E-state index in [1.54, 1.807) is 67.8 Å². The molecule has 6 heterocycles. The third-order valence-corrected chi connectivity index (χ3v) is 17.1. The Labute approximate surface area is 479 Å². The Morgan fingerprint density at radius 2 is 1.58 bits per heavy atom. The summed E-state index contributed by atoms with van der Waals surface area (Å²) in [7, 11) is 0. The number of amidine groups is 2. The molecule has 436 valence electrons. The Hall–Kier alpha value is -7.64. The van der Waals surface area contributed by atoms with Crippen LogP contribution < -0.4 is 25.2 Å². The van der Waals surface area contributed by atoms with E-state index in [9.17, 15) is 33.3 Å². The molecule has 4 saturated heterocycles. The number of alkyl halides is 3. The van der Waals surface area contributed by atoms with Crippen molar-refractivity contribution in [3.05, 3.63) is 101 Å². The highest BCUT2D eigenvalue weighted by Crippen LogP contribution is 2.47. The maximum absolute atomic E-state index is 17.2. The summed E-state index contributed by atoms with van der Waals surface area (Å²) in [6.07, 6.45) is 10.6. The summed E-state index contributed by atoms with van der Waals surface area (Å²) >= 11 is 0. The lowest BCUT2D eigenvalue weighted by atomic mass is 9.96. The molecule has 1 amide bonds. The van der Waals surface area contributed by atoms with E-state index in [0.29, 0.717) is 77.0 Å². The Morgan fingerprint density at radius 1 is 0.904 bits per heavy atom. The molecule has 3 unspecified atom stereocenters. The number of piperazine rings is 1. The molecule has 0 spiro atoms. The third kappa shape index (κ3) is 12.2. The first-order valence-corrected chi connectivity index (χ1v) is 28.6. The molecule has 2 bridgehead atoms. The molecule has 5 fully saturated rings. The summed E-state index contributed by atoms with van der Waals surface area (Å²) in [4.78, 5) is 35.4. The van der Waals surface area contributed by atoms with Gasteiger partial charge in [0, 0.05) is 104 Å². The molecule has 1 saturated carbocycles. The normalized spacial score (nSPS) is 19.9. The van der Waals surface area contributed by atoms with Crippen LogP contribution in [0.2, 0.25) is 0 Å². The van der Waals surface area contributed by atoms with Gasteiger partial charge in [0.05, 0.1) is 29.8 Å². The summed E-state index contributed by atoms with van der Waals surface area (Å²) in [5, 5.41) is 57.0. The molecule has 21 heteroatoms. The summed E-state index contributed by atoms with van der Waals surface area (Å²) in [5.41, 5.74) is 2.27. The van der Waals surface area contributed by atoms with Crippen molar-refractivity contribution in [3.63, 3.8) is 0 Å². The Kier molecular flexibility index (Phi) is 16.0. The summed E-state index contributed by atoms with van der Waals surface area (Å²) < 4.78 is 70.8. The number of nitrogens with zero attached hydrogens (tertiary/aromatic N) is 7. The largest absolute Gasteiger partial charge is 0.508 e. The fraction of sp³-hybridized carbons (Fsp3) is 0.452. The van der Waals surface area contributed by atoms with Crippen LogP contribution in [0.5, 0.6) is 23.3 Å². The van der Waals surface area contributed by atoms with Gasteiger partial charge in [0.2, 0.25) is 0 Å². The van der Waals surface area contributed by atoms with E-state index >= 15 is 4.39 Å². The van der Waals surface area contributed by atoms with E-state index in [1.807, 2.05) is 6.07 Å². The van der Waals surface area contributed by atoms with Gasteiger partial charge in [0.1, 0.15) is 46.2 Å². The van der Waals surface area contributed by atoms with Gasteiger partial charge in [0.15, 0.2) is 11.7 Å². The molecule has 2 aromatic heterocycles. The van der Waals surface area contributed by atoms with Crippen LogP contribution in [-0.4, -0.2) is 147 Å². The second kappa shape index (κ2) is 23.2. The predicted molar refractivity (Wildman–Crippen MR) is 309 cm³/mol. The number of fused-ring (bicyclic) bond motifs is 4. The van der Waals surface area contributed by atoms with Crippen LogP contribution in [0.3, 0.4) is 0 Å². The number of aromatic hydroxyl groups is 3. The average molecular weight is 1140 g/mol. The monoisotopic (exact) mass is 1140 g/mol. The summed E-state index contributed by atoms with van der Waals surface area (Å²) in [6, 6.07) is 16.1. The van der Waals surface area contributed by atoms with Crippen molar-refractivity contribution in [2.45, 2.75) is 121 Å². The van der Waals surface area contributed by atoms with E-state index in [-0.39, 0.29) is 63.5 Å². The first-order valence-electron chi connectivity index (χ1n) is 28.6. The molecule has 7 N–H and O–H groups in total. The zero-order valence-electron chi connectivity index (χ0n) is 46.7. The van der Waals surface area contributed by atoms with Gasteiger partial charge in [-0.3, -0.25) is 30.4 Å². The number of amides is 1. The Balaban J connectivity index is 0.695. The van der Waals surface area contributed by atoms with E-state index in [1.165, 1.54) is 12.1 Å². The number of halogens is 4. The SMILES string of the molecule is C#Cc1cccc2cc(O)cc(-c3ncc4c(N5CC6CCC(C5)N6)nc(OCC5(CN6CCC(OC7CCN(Cc8ccc(N(C(=N)C(=O)NC(C)C(F)(F)F)C(=N)c9cc(C(C)C)c(O)cc9O)cc8)CC7)CC6)CC5)nc4c3F)c12. The topological polar surface area (TPSA) is 220 Å². The van der Waals surface area contributed by atoms with Crippen LogP contribution >= 0.6 is 0 Å². The van der Waals surface area contributed by atoms with Crippen molar-refractivity contribution >= 4 is 50.8 Å². The number of phenols is 3. The molecule has 5 aliphatic rings. The van der Waals surface area contributed by atoms with Gasteiger partial charge >= 0.3 is 12.2 Å². The maximum atomic E-state index is 17.2. The van der Waals surface area contributed by atoms with Crippen molar-refractivity contribution in [1.29, 1.82) is 10.8 Å². The summed E-state index contributed by atoms with van der Waals surface area (Å²) in [5.74, 6) is -1.21. The fourth-order valence-electron chi connectivity index (χ4n) is 12.3. The highest BCUT2D eigenvalue weighted by Gasteiger charge is 2.46. The van der Waals surface area contributed by atoms with E-state index < -0.39 is 41.4 Å². The minimum Gasteiger partial charge on any atom is -0.508 e. The second-order valence-corrected chi connectivity index (χ2v) is 23.5. The average Bonchev–Trinajstić information content (AvgIpc) is 3.41. The zero-order chi connectivity index (χ0) is 58.5. The lowest BCUT2D eigenvalue weighted by Gasteiger charge is -2.38. The lowest BCUT2D eigenvalue weighted by molar-refractivity contribution is -0.156. The molecule has 11 rings (SSSR count). The number of hydrogen-bond acceptors (Lipinski definition) is 15. The molecular formula is C62H69F4N11O6. The Bertz CT molecular complexity index is 3490. The number of anilines is 2. The van der Waals surface area contributed by atoms with Gasteiger partial charge in [-0.25, -0.2) is 4.39 Å². The zero-order valence-corrected chi connectivity index (χ0v) is 46.7.